The minimum atomic E-state index is -0.867. The van der Waals surface area contributed by atoms with Crippen LogP contribution in [0.5, 0.6) is 0 Å². The van der Waals surface area contributed by atoms with Crippen LogP contribution in [0.1, 0.15) is 0 Å². The van der Waals surface area contributed by atoms with Crippen LogP contribution in [-0.4, -0.2) is 77.1 Å². The van der Waals surface area contributed by atoms with Crippen molar-refractivity contribution in [1.82, 2.24) is 14.8 Å². The molecule has 134 valence electrons. The molecule has 2 aromatic rings. The Morgan fingerprint density at radius 3 is 2.68 bits per heavy atom. The van der Waals surface area contributed by atoms with Crippen molar-refractivity contribution in [2.75, 3.05) is 44.6 Å². The van der Waals surface area contributed by atoms with E-state index in [0.717, 1.165) is 10.2 Å². The van der Waals surface area contributed by atoms with Gasteiger partial charge in [-0.25, -0.2) is 4.98 Å². The number of nitrogens with two attached hydrogens (primary N) is 1. The summed E-state index contributed by atoms with van der Waals surface area (Å²) < 4.78 is 1.03. The molecule has 1 aliphatic rings. The number of carbonyl (C=O) groups is 2. The van der Waals surface area contributed by atoms with Gasteiger partial charge < -0.3 is 21.1 Å². The molecule has 1 saturated heterocycles. The Kier molecular flexibility index (Phi) is 5.59. The van der Waals surface area contributed by atoms with Crippen molar-refractivity contribution in [3.05, 3.63) is 24.3 Å². The van der Waals surface area contributed by atoms with Crippen LogP contribution in [0.15, 0.2) is 24.3 Å². The van der Waals surface area contributed by atoms with Gasteiger partial charge in [-0.1, -0.05) is 23.5 Å². The standard InChI is InChI=1S/C16H21N5O3S/c17-11(10-22)15(24)21-7-5-20(6-8-21)9-14(23)19-16-18-12-3-1-2-4-13(12)25-16/h1-4,11,22H,5-10,17H2,(H,18,19,23)/t11-/m1/s1. The number of carbonyl (C=O) groups excluding carboxylic acids is 2. The quantitative estimate of drug-likeness (QED) is 0.672. The number of hydrogen-bond donors (Lipinski definition) is 3. The number of thiazole rings is 1. The van der Waals surface area contributed by atoms with Gasteiger partial charge in [-0.3, -0.25) is 14.5 Å². The first-order valence-corrected chi connectivity index (χ1v) is 8.91. The number of aromatic nitrogens is 1. The fraction of sp³-hybridized carbons (Fsp3) is 0.438. The van der Waals surface area contributed by atoms with Gasteiger partial charge in [0.05, 0.1) is 23.4 Å². The minimum absolute atomic E-state index is 0.120. The molecule has 2 heterocycles. The highest BCUT2D eigenvalue weighted by molar-refractivity contribution is 7.22. The molecule has 2 amide bonds. The van der Waals surface area contributed by atoms with Gasteiger partial charge in [-0.05, 0) is 12.1 Å². The van der Waals surface area contributed by atoms with Gasteiger partial charge in [0.2, 0.25) is 11.8 Å². The lowest BCUT2D eigenvalue weighted by molar-refractivity contribution is -0.135. The largest absolute Gasteiger partial charge is 0.394 e. The van der Waals surface area contributed by atoms with Gasteiger partial charge in [-0.2, -0.15) is 0 Å². The average molecular weight is 363 g/mol. The molecule has 1 fully saturated rings. The Bertz CT molecular complexity index is 724. The zero-order valence-corrected chi connectivity index (χ0v) is 14.5. The van der Waals surface area contributed by atoms with Crippen molar-refractivity contribution in [1.29, 1.82) is 0 Å². The number of hydrogen-bond acceptors (Lipinski definition) is 7. The molecule has 8 nitrogen and oxygen atoms in total. The number of amides is 2. The normalized spacial score (nSPS) is 16.8. The molecule has 1 aliphatic heterocycles. The molecule has 0 saturated carbocycles. The Hall–Kier alpha value is -2.07. The van der Waals surface area contributed by atoms with Crippen LogP contribution in [-0.2, 0) is 9.59 Å². The van der Waals surface area contributed by atoms with Crippen LogP contribution >= 0.6 is 11.3 Å². The second-order valence-electron chi connectivity index (χ2n) is 5.93. The molecule has 4 N–H and O–H groups in total. The second kappa shape index (κ2) is 7.87. The molecular formula is C16H21N5O3S. The van der Waals surface area contributed by atoms with Crippen LogP contribution < -0.4 is 11.1 Å². The highest BCUT2D eigenvalue weighted by Crippen LogP contribution is 2.25. The molecule has 0 bridgehead atoms. The molecule has 25 heavy (non-hydrogen) atoms. The molecule has 1 aromatic heterocycles. The van der Waals surface area contributed by atoms with Crippen molar-refractivity contribution in [2.24, 2.45) is 5.73 Å². The molecule has 1 atom stereocenters. The third-order valence-electron chi connectivity index (χ3n) is 4.11. The van der Waals surface area contributed by atoms with Crippen LogP contribution in [0.2, 0.25) is 0 Å². The number of benzene rings is 1. The van der Waals surface area contributed by atoms with E-state index < -0.39 is 6.04 Å². The number of piperazine rings is 1. The van der Waals surface area contributed by atoms with Crippen molar-refractivity contribution in [3.63, 3.8) is 0 Å². The van der Waals surface area contributed by atoms with E-state index in [1.807, 2.05) is 29.2 Å². The number of fused-ring (bicyclic) bond motifs is 1. The molecule has 1 aromatic carbocycles. The van der Waals surface area contributed by atoms with Gasteiger partial charge in [0, 0.05) is 26.2 Å². The predicted molar refractivity (Wildman–Crippen MR) is 96.3 cm³/mol. The highest BCUT2D eigenvalue weighted by atomic mass is 32.1. The number of anilines is 1. The van der Waals surface area contributed by atoms with E-state index in [9.17, 15) is 9.59 Å². The predicted octanol–water partition coefficient (Wildman–Crippen LogP) is -0.301. The maximum atomic E-state index is 12.2. The first kappa shape index (κ1) is 17.7. The molecule has 0 spiro atoms. The Labute approximate surface area is 149 Å². The summed E-state index contributed by atoms with van der Waals surface area (Å²) in [6, 6.07) is 6.87. The van der Waals surface area contributed by atoms with Crippen LogP contribution in [0.3, 0.4) is 0 Å². The highest BCUT2D eigenvalue weighted by Gasteiger charge is 2.25. The van der Waals surface area contributed by atoms with Crippen molar-refractivity contribution in [2.45, 2.75) is 6.04 Å². The second-order valence-corrected chi connectivity index (χ2v) is 6.96. The van der Waals surface area contributed by atoms with Gasteiger partial charge in [0.15, 0.2) is 5.13 Å². The third kappa shape index (κ3) is 4.31. The summed E-state index contributed by atoms with van der Waals surface area (Å²) in [4.78, 5) is 32.1. The monoisotopic (exact) mass is 363 g/mol. The zero-order chi connectivity index (χ0) is 17.8. The topological polar surface area (TPSA) is 112 Å². The SMILES string of the molecule is N[C@H](CO)C(=O)N1CCN(CC(=O)Nc2nc3ccccc3s2)CC1. The van der Waals surface area contributed by atoms with Gasteiger partial charge >= 0.3 is 0 Å². The van der Waals surface area contributed by atoms with Crippen molar-refractivity contribution >= 4 is 38.5 Å². The Balaban J connectivity index is 1.48. The van der Waals surface area contributed by atoms with E-state index in [-0.39, 0.29) is 25.0 Å². The van der Waals surface area contributed by atoms with Gasteiger partial charge in [-0.15, -0.1) is 0 Å². The first-order chi connectivity index (χ1) is 12.1. The molecule has 9 heteroatoms. The number of aliphatic hydroxyl groups is 1. The summed E-state index contributed by atoms with van der Waals surface area (Å²) in [5, 5.41) is 12.4. The zero-order valence-electron chi connectivity index (χ0n) is 13.7. The molecule has 0 aliphatic carbocycles. The lowest BCUT2D eigenvalue weighted by Crippen LogP contribution is -2.54. The summed E-state index contributed by atoms with van der Waals surface area (Å²) in [6.07, 6.45) is 0. The molecule has 0 radical (unpaired) electrons. The lowest BCUT2D eigenvalue weighted by Gasteiger charge is -2.35. The van der Waals surface area contributed by atoms with E-state index in [2.05, 4.69) is 10.3 Å². The summed E-state index contributed by atoms with van der Waals surface area (Å²) in [5.41, 5.74) is 6.43. The first-order valence-electron chi connectivity index (χ1n) is 8.10. The molecule has 0 unspecified atom stereocenters. The summed E-state index contributed by atoms with van der Waals surface area (Å²) >= 11 is 1.45. The number of rotatable bonds is 5. The Morgan fingerprint density at radius 1 is 1.28 bits per heavy atom. The maximum absolute atomic E-state index is 12.2. The molecule has 3 rings (SSSR count). The number of aliphatic hydroxyl groups excluding tert-OH is 1. The van der Waals surface area contributed by atoms with E-state index in [4.69, 9.17) is 10.8 Å². The summed E-state index contributed by atoms with van der Waals surface area (Å²) in [5.74, 6) is -0.369. The van der Waals surface area contributed by atoms with Crippen LogP contribution in [0, 0.1) is 0 Å². The minimum Gasteiger partial charge on any atom is -0.394 e. The van der Waals surface area contributed by atoms with Crippen molar-refractivity contribution < 1.29 is 14.7 Å². The summed E-state index contributed by atoms with van der Waals surface area (Å²) in [7, 11) is 0. The number of nitrogens with zero attached hydrogens (tertiary/aromatic N) is 3. The fourth-order valence-electron chi connectivity index (χ4n) is 2.73. The number of nitrogens with one attached hydrogen (secondary N) is 1. The van der Waals surface area contributed by atoms with E-state index in [1.165, 1.54) is 11.3 Å². The van der Waals surface area contributed by atoms with Crippen LogP contribution in [0.25, 0.3) is 10.2 Å². The van der Waals surface area contributed by atoms with Gasteiger partial charge in [0.25, 0.3) is 0 Å². The van der Waals surface area contributed by atoms with Crippen molar-refractivity contribution in [3.8, 4) is 0 Å². The van der Waals surface area contributed by atoms with Gasteiger partial charge in [0.1, 0.15) is 6.04 Å². The fourth-order valence-corrected chi connectivity index (χ4v) is 3.61. The Morgan fingerprint density at radius 2 is 2.00 bits per heavy atom. The third-order valence-corrected chi connectivity index (χ3v) is 5.06. The number of para-hydroxylation sites is 1. The smallest absolute Gasteiger partial charge is 0.241 e. The van der Waals surface area contributed by atoms with E-state index >= 15 is 0 Å². The van der Waals surface area contributed by atoms with E-state index in [0.29, 0.717) is 31.3 Å². The lowest BCUT2D eigenvalue weighted by atomic mass is 10.2. The maximum Gasteiger partial charge on any atom is 0.241 e. The molecular weight excluding hydrogens is 342 g/mol. The average Bonchev–Trinajstić information content (AvgIpc) is 3.03. The van der Waals surface area contributed by atoms with E-state index in [1.54, 1.807) is 4.90 Å². The van der Waals surface area contributed by atoms with Crippen LogP contribution in [0.4, 0.5) is 5.13 Å². The summed E-state index contributed by atoms with van der Waals surface area (Å²) in [6.45, 7) is 2.09.